The van der Waals surface area contributed by atoms with Crippen LogP contribution in [-0.2, 0) is 11.8 Å². The molecule has 0 fully saturated rings. The van der Waals surface area contributed by atoms with E-state index in [9.17, 15) is 4.79 Å². The van der Waals surface area contributed by atoms with Gasteiger partial charge in [0.15, 0.2) is 0 Å². The van der Waals surface area contributed by atoms with Crippen LogP contribution in [0.2, 0.25) is 0 Å². The van der Waals surface area contributed by atoms with E-state index in [2.05, 4.69) is 37.7 Å². The first kappa shape index (κ1) is 9.96. The third kappa shape index (κ3) is 2.17. The van der Waals surface area contributed by atoms with Crippen molar-refractivity contribution in [1.82, 2.24) is 9.97 Å². The molecule has 1 aromatic rings. The molecule has 0 bridgehead atoms. The molecule has 1 rings (SSSR count). The highest BCUT2D eigenvalue weighted by Gasteiger charge is 2.18. The molecule has 0 aliphatic carbocycles. The third-order valence-electron chi connectivity index (χ3n) is 2.02. The molecule has 0 aliphatic rings. The van der Waals surface area contributed by atoms with Gasteiger partial charge >= 0.3 is 5.69 Å². The summed E-state index contributed by atoms with van der Waals surface area (Å²) in [5.74, 6) is 0. The van der Waals surface area contributed by atoms with E-state index in [0.29, 0.717) is 0 Å². The molecule has 0 aliphatic heterocycles. The standard InChI is InChI=1S/C10H16N2O/c1-5-7-6-11-9(13)12-8(7)10(2,3)4/h6H,5H2,1-4H3,(H,11,12,13). The minimum Gasteiger partial charge on any atom is -0.309 e. The van der Waals surface area contributed by atoms with E-state index >= 15 is 0 Å². The zero-order valence-electron chi connectivity index (χ0n) is 8.64. The van der Waals surface area contributed by atoms with Gasteiger partial charge in [0.2, 0.25) is 0 Å². The van der Waals surface area contributed by atoms with Gasteiger partial charge in [0.25, 0.3) is 0 Å². The maximum absolute atomic E-state index is 11.0. The van der Waals surface area contributed by atoms with Crippen molar-refractivity contribution in [2.75, 3.05) is 0 Å². The lowest BCUT2D eigenvalue weighted by atomic mass is 9.88. The van der Waals surface area contributed by atoms with Gasteiger partial charge in [-0.15, -0.1) is 0 Å². The quantitative estimate of drug-likeness (QED) is 0.714. The Bertz CT molecular complexity index is 347. The molecule has 3 nitrogen and oxygen atoms in total. The lowest BCUT2D eigenvalue weighted by Crippen LogP contribution is -2.23. The molecule has 0 aromatic carbocycles. The first-order valence-electron chi connectivity index (χ1n) is 4.54. The maximum atomic E-state index is 11.0. The Morgan fingerprint density at radius 1 is 1.46 bits per heavy atom. The van der Waals surface area contributed by atoms with E-state index in [1.54, 1.807) is 6.20 Å². The molecule has 0 atom stereocenters. The number of aryl methyl sites for hydroxylation is 1. The van der Waals surface area contributed by atoms with Gasteiger partial charge in [-0.3, -0.25) is 0 Å². The summed E-state index contributed by atoms with van der Waals surface area (Å²) in [6.07, 6.45) is 2.57. The van der Waals surface area contributed by atoms with Crippen molar-refractivity contribution >= 4 is 0 Å². The normalized spacial score (nSPS) is 11.7. The topological polar surface area (TPSA) is 45.8 Å². The second kappa shape index (κ2) is 3.32. The molecular weight excluding hydrogens is 164 g/mol. The van der Waals surface area contributed by atoms with Crippen molar-refractivity contribution in [2.45, 2.75) is 39.5 Å². The summed E-state index contributed by atoms with van der Waals surface area (Å²) >= 11 is 0. The van der Waals surface area contributed by atoms with E-state index < -0.39 is 0 Å². The highest BCUT2D eigenvalue weighted by molar-refractivity contribution is 5.22. The van der Waals surface area contributed by atoms with Gasteiger partial charge in [-0.2, -0.15) is 0 Å². The fourth-order valence-electron chi connectivity index (χ4n) is 1.36. The fraction of sp³-hybridized carbons (Fsp3) is 0.600. The molecular formula is C10H16N2O. The Labute approximate surface area is 78.2 Å². The summed E-state index contributed by atoms with van der Waals surface area (Å²) in [7, 11) is 0. The van der Waals surface area contributed by atoms with Crippen molar-refractivity contribution < 1.29 is 0 Å². The predicted octanol–water partition coefficient (Wildman–Crippen LogP) is 1.63. The van der Waals surface area contributed by atoms with Gasteiger partial charge in [0.05, 0.1) is 0 Å². The number of H-pyrrole nitrogens is 1. The number of aromatic nitrogens is 2. The number of hydrogen-bond acceptors (Lipinski definition) is 2. The molecule has 0 amide bonds. The number of nitrogens with zero attached hydrogens (tertiary/aromatic N) is 1. The van der Waals surface area contributed by atoms with Crippen molar-refractivity contribution in [1.29, 1.82) is 0 Å². The summed E-state index contributed by atoms with van der Waals surface area (Å²) in [5.41, 5.74) is 1.83. The molecule has 1 N–H and O–H groups in total. The summed E-state index contributed by atoms with van der Waals surface area (Å²) in [4.78, 5) is 17.6. The van der Waals surface area contributed by atoms with Crippen molar-refractivity contribution in [3.05, 3.63) is 27.9 Å². The lowest BCUT2D eigenvalue weighted by molar-refractivity contribution is 0.555. The molecule has 1 aromatic heterocycles. The Morgan fingerprint density at radius 2 is 2.08 bits per heavy atom. The number of nitrogens with one attached hydrogen (secondary N) is 1. The Kier molecular flexibility index (Phi) is 2.55. The van der Waals surface area contributed by atoms with E-state index in [0.717, 1.165) is 17.7 Å². The monoisotopic (exact) mass is 180 g/mol. The second-order valence-electron chi connectivity index (χ2n) is 4.19. The van der Waals surface area contributed by atoms with Crippen molar-refractivity contribution in [3.8, 4) is 0 Å². The van der Waals surface area contributed by atoms with Crippen molar-refractivity contribution in [3.63, 3.8) is 0 Å². The van der Waals surface area contributed by atoms with Gasteiger partial charge in [-0.25, -0.2) is 9.78 Å². The van der Waals surface area contributed by atoms with Crippen LogP contribution < -0.4 is 5.69 Å². The SMILES string of the molecule is CCc1cnc(=O)[nH]c1C(C)(C)C. The summed E-state index contributed by atoms with van der Waals surface area (Å²) in [6, 6.07) is 0. The van der Waals surface area contributed by atoms with E-state index in [-0.39, 0.29) is 11.1 Å². The van der Waals surface area contributed by atoms with Crippen LogP contribution in [0.5, 0.6) is 0 Å². The van der Waals surface area contributed by atoms with Gasteiger partial charge in [0.1, 0.15) is 0 Å². The van der Waals surface area contributed by atoms with Crippen LogP contribution in [0.25, 0.3) is 0 Å². The maximum Gasteiger partial charge on any atom is 0.345 e. The molecule has 72 valence electrons. The van der Waals surface area contributed by atoms with Gasteiger partial charge in [-0.1, -0.05) is 27.7 Å². The molecule has 13 heavy (non-hydrogen) atoms. The van der Waals surface area contributed by atoms with Gasteiger partial charge in [-0.05, 0) is 12.0 Å². The molecule has 0 saturated heterocycles. The number of rotatable bonds is 1. The van der Waals surface area contributed by atoms with E-state index in [1.807, 2.05) is 0 Å². The zero-order valence-corrected chi connectivity index (χ0v) is 8.64. The minimum atomic E-state index is -0.262. The van der Waals surface area contributed by atoms with E-state index in [1.165, 1.54) is 0 Å². The summed E-state index contributed by atoms with van der Waals surface area (Å²) in [6.45, 7) is 8.30. The smallest absolute Gasteiger partial charge is 0.309 e. The minimum absolute atomic E-state index is 0.0204. The molecule has 1 heterocycles. The number of hydrogen-bond donors (Lipinski definition) is 1. The van der Waals surface area contributed by atoms with Gasteiger partial charge < -0.3 is 4.98 Å². The highest BCUT2D eigenvalue weighted by Crippen LogP contribution is 2.22. The first-order valence-corrected chi connectivity index (χ1v) is 4.54. The highest BCUT2D eigenvalue weighted by atomic mass is 16.1. The van der Waals surface area contributed by atoms with Crippen LogP contribution in [0.3, 0.4) is 0 Å². The first-order chi connectivity index (χ1) is 5.95. The molecule has 0 saturated carbocycles. The molecule has 0 spiro atoms. The molecule has 0 radical (unpaired) electrons. The van der Waals surface area contributed by atoms with Crippen LogP contribution in [0.1, 0.15) is 39.0 Å². The van der Waals surface area contributed by atoms with Crippen LogP contribution in [0.4, 0.5) is 0 Å². The predicted molar refractivity (Wildman–Crippen MR) is 52.9 cm³/mol. The zero-order chi connectivity index (χ0) is 10.1. The van der Waals surface area contributed by atoms with Gasteiger partial charge in [0, 0.05) is 17.3 Å². The second-order valence-corrected chi connectivity index (χ2v) is 4.19. The lowest BCUT2D eigenvalue weighted by Gasteiger charge is -2.20. The fourth-order valence-corrected chi connectivity index (χ4v) is 1.36. The van der Waals surface area contributed by atoms with Crippen molar-refractivity contribution in [2.24, 2.45) is 0 Å². The molecule has 0 unspecified atom stereocenters. The summed E-state index contributed by atoms with van der Waals surface area (Å²) in [5, 5.41) is 0. The Morgan fingerprint density at radius 3 is 2.54 bits per heavy atom. The van der Waals surface area contributed by atoms with E-state index in [4.69, 9.17) is 0 Å². The van der Waals surface area contributed by atoms with Crippen LogP contribution in [0.15, 0.2) is 11.0 Å². The third-order valence-corrected chi connectivity index (χ3v) is 2.02. The average molecular weight is 180 g/mol. The van der Waals surface area contributed by atoms with Crippen LogP contribution >= 0.6 is 0 Å². The summed E-state index contributed by atoms with van der Waals surface area (Å²) < 4.78 is 0. The molecule has 3 heteroatoms. The van der Waals surface area contributed by atoms with Crippen LogP contribution in [-0.4, -0.2) is 9.97 Å². The number of aromatic amines is 1. The van der Waals surface area contributed by atoms with Crippen LogP contribution in [0, 0.1) is 0 Å². The Hall–Kier alpha value is -1.12. The largest absolute Gasteiger partial charge is 0.345 e. The Balaban J connectivity index is 3.32. The average Bonchev–Trinajstić information content (AvgIpc) is 2.03.